The SMILES string of the molecule is C=C(Br)CNC(=O)c1cccc(S(=O)(=O)N2CCCC2)c1. The monoisotopic (exact) mass is 372 g/mol. The molecule has 1 aliphatic heterocycles. The van der Waals surface area contributed by atoms with E-state index in [9.17, 15) is 13.2 Å². The fourth-order valence-corrected chi connectivity index (χ4v) is 3.86. The zero-order chi connectivity index (χ0) is 15.5. The number of rotatable bonds is 5. The lowest BCUT2D eigenvalue weighted by atomic mass is 10.2. The summed E-state index contributed by atoms with van der Waals surface area (Å²) in [4.78, 5) is 12.1. The highest BCUT2D eigenvalue weighted by Crippen LogP contribution is 2.21. The Morgan fingerprint density at radius 1 is 1.33 bits per heavy atom. The maximum Gasteiger partial charge on any atom is 0.251 e. The van der Waals surface area contributed by atoms with E-state index in [-0.39, 0.29) is 10.8 Å². The first-order chi connectivity index (χ1) is 9.91. The largest absolute Gasteiger partial charge is 0.347 e. The van der Waals surface area contributed by atoms with E-state index in [1.165, 1.54) is 16.4 Å². The maximum atomic E-state index is 12.4. The second-order valence-corrected chi connectivity index (χ2v) is 7.90. The van der Waals surface area contributed by atoms with Crippen molar-refractivity contribution in [2.24, 2.45) is 0 Å². The Kier molecular flexibility index (Phi) is 5.18. The van der Waals surface area contributed by atoms with Crippen molar-refractivity contribution in [3.05, 3.63) is 40.9 Å². The molecule has 1 aromatic carbocycles. The van der Waals surface area contributed by atoms with E-state index in [1.807, 2.05) is 0 Å². The van der Waals surface area contributed by atoms with Crippen LogP contribution < -0.4 is 5.32 Å². The van der Waals surface area contributed by atoms with Gasteiger partial charge in [0.2, 0.25) is 10.0 Å². The molecule has 1 heterocycles. The van der Waals surface area contributed by atoms with Crippen molar-refractivity contribution in [2.75, 3.05) is 19.6 Å². The number of carbonyl (C=O) groups is 1. The molecule has 0 unspecified atom stereocenters. The van der Waals surface area contributed by atoms with Gasteiger partial charge < -0.3 is 5.32 Å². The van der Waals surface area contributed by atoms with Crippen LogP contribution in [0.2, 0.25) is 0 Å². The average molecular weight is 373 g/mol. The Hall–Kier alpha value is -1.18. The summed E-state index contributed by atoms with van der Waals surface area (Å²) in [7, 11) is -3.50. The maximum absolute atomic E-state index is 12.4. The molecule has 2 rings (SSSR count). The van der Waals surface area contributed by atoms with Crippen molar-refractivity contribution in [3.63, 3.8) is 0 Å². The number of benzene rings is 1. The third-order valence-electron chi connectivity index (χ3n) is 3.24. The molecule has 1 N–H and O–H groups in total. The third-order valence-corrected chi connectivity index (χ3v) is 5.41. The highest BCUT2D eigenvalue weighted by Gasteiger charge is 2.27. The first-order valence-electron chi connectivity index (χ1n) is 6.63. The molecular weight excluding hydrogens is 356 g/mol. The Balaban J connectivity index is 2.21. The molecule has 0 saturated carbocycles. The highest BCUT2D eigenvalue weighted by molar-refractivity contribution is 9.11. The number of hydrogen-bond acceptors (Lipinski definition) is 3. The molecule has 0 aliphatic carbocycles. The van der Waals surface area contributed by atoms with Crippen molar-refractivity contribution >= 4 is 31.9 Å². The zero-order valence-electron chi connectivity index (χ0n) is 11.5. The Morgan fingerprint density at radius 2 is 2.00 bits per heavy atom. The molecule has 1 aliphatic rings. The number of carbonyl (C=O) groups excluding carboxylic acids is 1. The number of nitrogens with zero attached hydrogens (tertiary/aromatic N) is 1. The lowest BCUT2D eigenvalue weighted by Crippen LogP contribution is -2.28. The number of amides is 1. The molecule has 1 amide bonds. The van der Waals surface area contributed by atoms with Gasteiger partial charge in [-0.05, 0) is 31.0 Å². The van der Waals surface area contributed by atoms with E-state index < -0.39 is 10.0 Å². The summed E-state index contributed by atoms with van der Waals surface area (Å²) in [5.41, 5.74) is 0.323. The van der Waals surface area contributed by atoms with Crippen molar-refractivity contribution in [1.82, 2.24) is 9.62 Å². The topological polar surface area (TPSA) is 66.5 Å². The zero-order valence-corrected chi connectivity index (χ0v) is 13.9. The summed E-state index contributed by atoms with van der Waals surface area (Å²) < 4.78 is 27.0. The Morgan fingerprint density at radius 3 is 2.62 bits per heavy atom. The molecule has 1 saturated heterocycles. The van der Waals surface area contributed by atoms with Crippen molar-refractivity contribution < 1.29 is 13.2 Å². The standard InChI is InChI=1S/C14H17BrN2O3S/c1-11(15)10-16-14(18)12-5-4-6-13(9-12)21(19,20)17-7-2-3-8-17/h4-6,9H,1-3,7-8,10H2,(H,16,18). The first kappa shape index (κ1) is 16.2. The van der Waals surface area contributed by atoms with E-state index in [1.54, 1.807) is 12.1 Å². The highest BCUT2D eigenvalue weighted by atomic mass is 79.9. The quantitative estimate of drug-likeness (QED) is 0.860. The van der Waals surface area contributed by atoms with Gasteiger partial charge >= 0.3 is 0 Å². The van der Waals surface area contributed by atoms with Gasteiger partial charge in [0.15, 0.2) is 0 Å². The van der Waals surface area contributed by atoms with Crippen LogP contribution in [0.25, 0.3) is 0 Å². The van der Waals surface area contributed by atoms with Gasteiger partial charge in [-0.1, -0.05) is 28.6 Å². The van der Waals surface area contributed by atoms with Crippen molar-refractivity contribution in [1.29, 1.82) is 0 Å². The van der Waals surface area contributed by atoms with Gasteiger partial charge in [0.25, 0.3) is 5.91 Å². The van der Waals surface area contributed by atoms with E-state index in [0.29, 0.717) is 29.7 Å². The fourth-order valence-electron chi connectivity index (χ4n) is 2.15. The number of sulfonamides is 1. The molecular formula is C14H17BrN2O3S. The Bertz CT molecular complexity index is 652. The average Bonchev–Trinajstić information content (AvgIpc) is 2.99. The molecule has 1 aromatic rings. The molecule has 1 fully saturated rings. The molecule has 0 atom stereocenters. The molecule has 5 nitrogen and oxygen atoms in total. The van der Waals surface area contributed by atoms with Crippen LogP contribution in [0.15, 0.2) is 40.2 Å². The second kappa shape index (κ2) is 6.72. The van der Waals surface area contributed by atoms with E-state index >= 15 is 0 Å². The van der Waals surface area contributed by atoms with Gasteiger partial charge in [0, 0.05) is 29.7 Å². The van der Waals surface area contributed by atoms with Crippen LogP contribution in [-0.4, -0.2) is 38.3 Å². The second-order valence-electron chi connectivity index (χ2n) is 4.84. The van der Waals surface area contributed by atoms with Crippen LogP contribution >= 0.6 is 15.9 Å². The summed E-state index contributed by atoms with van der Waals surface area (Å²) in [6, 6.07) is 6.12. The molecule has 0 radical (unpaired) electrons. The van der Waals surface area contributed by atoms with Crippen LogP contribution in [0.1, 0.15) is 23.2 Å². The van der Waals surface area contributed by atoms with Crippen LogP contribution in [-0.2, 0) is 10.0 Å². The number of halogens is 1. The van der Waals surface area contributed by atoms with Crippen molar-refractivity contribution in [2.45, 2.75) is 17.7 Å². The lowest BCUT2D eigenvalue weighted by Gasteiger charge is -2.16. The minimum absolute atomic E-state index is 0.162. The number of nitrogens with one attached hydrogen (secondary N) is 1. The molecule has 0 bridgehead atoms. The van der Waals surface area contributed by atoms with Gasteiger partial charge in [-0.2, -0.15) is 4.31 Å². The van der Waals surface area contributed by atoms with Gasteiger partial charge in [-0.15, -0.1) is 0 Å². The van der Waals surface area contributed by atoms with Gasteiger partial charge in [0.1, 0.15) is 0 Å². The van der Waals surface area contributed by atoms with Gasteiger partial charge in [-0.25, -0.2) is 8.42 Å². The molecule has 0 aromatic heterocycles. The Labute approximate surface area is 133 Å². The normalized spacial score (nSPS) is 15.9. The number of hydrogen-bond donors (Lipinski definition) is 1. The van der Waals surface area contributed by atoms with Crippen LogP contribution in [0.5, 0.6) is 0 Å². The summed E-state index contributed by atoms with van der Waals surface area (Å²) in [6.45, 7) is 5.01. The van der Waals surface area contributed by atoms with Gasteiger partial charge in [0.05, 0.1) is 4.90 Å². The predicted octanol–water partition coefficient (Wildman–Crippen LogP) is 2.11. The lowest BCUT2D eigenvalue weighted by molar-refractivity contribution is 0.0957. The van der Waals surface area contributed by atoms with E-state index in [4.69, 9.17) is 0 Å². The van der Waals surface area contributed by atoms with Crippen LogP contribution in [0, 0.1) is 0 Å². The smallest absolute Gasteiger partial charge is 0.251 e. The van der Waals surface area contributed by atoms with E-state index in [0.717, 1.165) is 12.8 Å². The minimum Gasteiger partial charge on any atom is -0.347 e. The van der Waals surface area contributed by atoms with Crippen molar-refractivity contribution in [3.8, 4) is 0 Å². The fraction of sp³-hybridized carbons (Fsp3) is 0.357. The summed E-state index contributed by atoms with van der Waals surface area (Å²) in [5, 5.41) is 2.65. The summed E-state index contributed by atoms with van der Waals surface area (Å²) in [6.07, 6.45) is 1.76. The van der Waals surface area contributed by atoms with E-state index in [2.05, 4.69) is 27.8 Å². The molecule has 7 heteroatoms. The molecule has 114 valence electrons. The minimum atomic E-state index is -3.50. The molecule has 21 heavy (non-hydrogen) atoms. The predicted molar refractivity (Wildman–Crippen MR) is 84.8 cm³/mol. The summed E-state index contributed by atoms with van der Waals surface area (Å²) >= 11 is 3.15. The third kappa shape index (κ3) is 3.93. The summed E-state index contributed by atoms with van der Waals surface area (Å²) in [5.74, 6) is -0.325. The first-order valence-corrected chi connectivity index (χ1v) is 8.86. The van der Waals surface area contributed by atoms with Crippen LogP contribution in [0.4, 0.5) is 0 Å². The molecule has 0 spiro atoms. The van der Waals surface area contributed by atoms with Gasteiger partial charge in [-0.3, -0.25) is 4.79 Å². The van der Waals surface area contributed by atoms with Crippen LogP contribution in [0.3, 0.4) is 0 Å².